The third-order valence-corrected chi connectivity index (χ3v) is 5.53. The molecule has 30 heavy (non-hydrogen) atoms. The van der Waals surface area contributed by atoms with Crippen LogP contribution >= 0.6 is 0 Å². The van der Waals surface area contributed by atoms with Crippen LogP contribution in [0.3, 0.4) is 0 Å². The topological polar surface area (TPSA) is 76.1 Å². The molecule has 1 amide bonds. The highest BCUT2D eigenvalue weighted by Gasteiger charge is 2.47. The van der Waals surface area contributed by atoms with Gasteiger partial charge in [0.25, 0.3) is 11.7 Å². The number of aliphatic hydroxyl groups excluding tert-OH is 1. The van der Waals surface area contributed by atoms with Crippen molar-refractivity contribution in [3.63, 3.8) is 0 Å². The van der Waals surface area contributed by atoms with Crippen LogP contribution in [-0.2, 0) is 14.3 Å². The van der Waals surface area contributed by atoms with Crippen LogP contribution < -0.4 is 4.74 Å². The molecule has 2 aromatic carbocycles. The number of nitrogens with zero attached hydrogens (tertiary/aromatic N) is 1. The van der Waals surface area contributed by atoms with Crippen molar-refractivity contribution in [3.05, 3.63) is 71.0 Å². The van der Waals surface area contributed by atoms with E-state index in [1.165, 1.54) is 30.2 Å². The molecule has 0 radical (unpaired) electrons. The number of hydrogen-bond donors (Lipinski definition) is 1. The van der Waals surface area contributed by atoms with Crippen LogP contribution in [-0.4, -0.2) is 48.1 Å². The summed E-state index contributed by atoms with van der Waals surface area (Å²) >= 11 is 0. The zero-order valence-corrected chi connectivity index (χ0v) is 16.5. The molecule has 0 spiro atoms. The Kier molecular flexibility index (Phi) is 5.55. The SMILES string of the molecule is COc1ccc(/C(O)=C2\C(=O)C(=O)N(C[C@@H]3CCCO3)[C@H]2c2ccccc2F)cc1. The van der Waals surface area contributed by atoms with E-state index in [9.17, 15) is 19.1 Å². The van der Waals surface area contributed by atoms with Crippen LogP contribution in [0.4, 0.5) is 4.39 Å². The molecule has 2 saturated heterocycles. The van der Waals surface area contributed by atoms with E-state index in [0.717, 1.165) is 12.8 Å². The first-order chi connectivity index (χ1) is 14.5. The number of Topliss-reactive ketones (excluding diaryl/α,β-unsaturated/α-hetero) is 1. The van der Waals surface area contributed by atoms with Gasteiger partial charge in [-0.1, -0.05) is 18.2 Å². The van der Waals surface area contributed by atoms with Gasteiger partial charge in [0.2, 0.25) is 0 Å². The highest BCUT2D eigenvalue weighted by molar-refractivity contribution is 6.46. The van der Waals surface area contributed by atoms with E-state index in [1.54, 1.807) is 30.3 Å². The Bertz CT molecular complexity index is 995. The highest BCUT2D eigenvalue weighted by atomic mass is 19.1. The summed E-state index contributed by atoms with van der Waals surface area (Å²) in [4.78, 5) is 27.1. The summed E-state index contributed by atoms with van der Waals surface area (Å²) in [7, 11) is 1.52. The molecule has 0 aliphatic carbocycles. The van der Waals surface area contributed by atoms with Gasteiger partial charge in [0.15, 0.2) is 0 Å². The van der Waals surface area contributed by atoms with Crippen molar-refractivity contribution in [2.24, 2.45) is 0 Å². The second-order valence-electron chi connectivity index (χ2n) is 7.34. The van der Waals surface area contributed by atoms with Crippen LogP contribution in [0.5, 0.6) is 5.75 Å². The standard InChI is InChI=1S/C23H22FNO5/c1-29-15-10-8-14(9-11-15)21(26)19-20(17-6-2-3-7-18(17)24)25(23(28)22(19)27)13-16-5-4-12-30-16/h2-3,6-11,16,20,26H,4-5,12-13H2,1H3/b21-19+/t16-,20-/m0/s1. The fraction of sp³-hybridized carbons (Fsp3) is 0.304. The summed E-state index contributed by atoms with van der Waals surface area (Å²) in [5.41, 5.74) is 0.366. The maximum Gasteiger partial charge on any atom is 0.295 e. The summed E-state index contributed by atoms with van der Waals surface area (Å²) in [5.74, 6) is -1.93. The second kappa shape index (κ2) is 8.28. The number of ether oxygens (including phenoxy) is 2. The number of benzene rings is 2. The monoisotopic (exact) mass is 411 g/mol. The normalized spacial score (nSPS) is 23.2. The molecule has 4 rings (SSSR count). The van der Waals surface area contributed by atoms with Gasteiger partial charge in [-0.15, -0.1) is 0 Å². The van der Waals surface area contributed by atoms with E-state index in [2.05, 4.69) is 0 Å². The Morgan fingerprint density at radius 3 is 2.57 bits per heavy atom. The van der Waals surface area contributed by atoms with Gasteiger partial charge in [-0.05, 0) is 43.2 Å². The fourth-order valence-corrected chi connectivity index (χ4v) is 4.00. The van der Waals surface area contributed by atoms with Crippen molar-refractivity contribution in [2.45, 2.75) is 25.0 Å². The average Bonchev–Trinajstić information content (AvgIpc) is 3.36. The summed E-state index contributed by atoms with van der Waals surface area (Å²) in [6.07, 6.45) is 1.40. The van der Waals surface area contributed by atoms with Crippen LogP contribution in [0, 0.1) is 5.82 Å². The van der Waals surface area contributed by atoms with Crippen molar-refractivity contribution >= 4 is 17.4 Å². The maximum atomic E-state index is 14.7. The molecule has 1 N–H and O–H groups in total. The van der Waals surface area contributed by atoms with Gasteiger partial charge < -0.3 is 19.5 Å². The van der Waals surface area contributed by atoms with Gasteiger partial charge >= 0.3 is 0 Å². The molecule has 2 atom stereocenters. The van der Waals surface area contributed by atoms with Gasteiger partial charge in [-0.25, -0.2) is 4.39 Å². The predicted octanol–water partition coefficient (Wildman–Crippen LogP) is 3.44. The highest BCUT2D eigenvalue weighted by Crippen LogP contribution is 2.41. The molecular formula is C23H22FNO5. The molecule has 2 aliphatic rings. The number of aliphatic hydroxyl groups is 1. The number of amides is 1. The van der Waals surface area contributed by atoms with Crippen molar-refractivity contribution in [3.8, 4) is 5.75 Å². The largest absolute Gasteiger partial charge is 0.507 e. The fourth-order valence-electron chi connectivity index (χ4n) is 4.00. The molecule has 0 saturated carbocycles. The Hall–Kier alpha value is -3.19. The molecule has 6 nitrogen and oxygen atoms in total. The number of carbonyl (C=O) groups is 2. The lowest BCUT2D eigenvalue weighted by molar-refractivity contribution is -0.140. The lowest BCUT2D eigenvalue weighted by Crippen LogP contribution is -2.36. The van der Waals surface area contributed by atoms with E-state index in [1.807, 2.05) is 0 Å². The molecule has 2 aromatic rings. The Morgan fingerprint density at radius 1 is 1.20 bits per heavy atom. The van der Waals surface area contributed by atoms with Gasteiger partial charge in [-0.3, -0.25) is 9.59 Å². The van der Waals surface area contributed by atoms with Crippen LogP contribution in [0.15, 0.2) is 54.1 Å². The Balaban J connectivity index is 1.82. The van der Waals surface area contributed by atoms with Crippen molar-refractivity contribution < 1.29 is 28.6 Å². The quantitative estimate of drug-likeness (QED) is 0.463. The first-order valence-electron chi connectivity index (χ1n) is 9.80. The van der Waals surface area contributed by atoms with Gasteiger partial charge in [-0.2, -0.15) is 0 Å². The minimum absolute atomic E-state index is 0.131. The lowest BCUT2D eigenvalue weighted by Gasteiger charge is -2.27. The van der Waals surface area contributed by atoms with E-state index in [0.29, 0.717) is 17.9 Å². The first-order valence-corrected chi connectivity index (χ1v) is 9.80. The molecule has 0 aromatic heterocycles. The third-order valence-electron chi connectivity index (χ3n) is 5.53. The predicted molar refractivity (Wildman–Crippen MR) is 107 cm³/mol. The van der Waals surface area contributed by atoms with Gasteiger partial charge in [0.05, 0.1) is 24.8 Å². The molecule has 2 heterocycles. The molecule has 0 bridgehead atoms. The number of rotatable bonds is 5. The van der Waals surface area contributed by atoms with E-state index < -0.39 is 23.5 Å². The number of hydrogen-bond acceptors (Lipinski definition) is 5. The van der Waals surface area contributed by atoms with Gasteiger partial charge in [0.1, 0.15) is 17.3 Å². The number of likely N-dealkylation sites (tertiary alicyclic amines) is 1. The molecular weight excluding hydrogens is 389 g/mol. The van der Waals surface area contributed by atoms with Crippen molar-refractivity contribution in [1.82, 2.24) is 4.90 Å². The molecule has 156 valence electrons. The lowest BCUT2D eigenvalue weighted by atomic mass is 9.94. The molecule has 2 aliphatic heterocycles. The van der Waals surface area contributed by atoms with E-state index >= 15 is 0 Å². The minimum Gasteiger partial charge on any atom is -0.507 e. The number of ketones is 1. The van der Waals surface area contributed by atoms with Crippen LogP contribution in [0.2, 0.25) is 0 Å². The first kappa shape index (κ1) is 20.1. The molecule has 2 fully saturated rings. The summed E-state index contributed by atoms with van der Waals surface area (Å²) in [6, 6.07) is 11.4. The summed E-state index contributed by atoms with van der Waals surface area (Å²) in [6.45, 7) is 0.744. The molecule has 0 unspecified atom stereocenters. The third kappa shape index (κ3) is 3.57. The minimum atomic E-state index is -1.03. The van der Waals surface area contributed by atoms with Crippen molar-refractivity contribution in [1.29, 1.82) is 0 Å². The van der Waals surface area contributed by atoms with E-state index in [4.69, 9.17) is 9.47 Å². The molecule has 7 heteroatoms. The smallest absolute Gasteiger partial charge is 0.295 e. The number of carbonyl (C=O) groups excluding carboxylic acids is 2. The Labute approximate surface area is 173 Å². The van der Waals surface area contributed by atoms with E-state index in [-0.39, 0.29) is 29.5 Å². The average molecular weight is 411 g/mol. The summed E-state index contributed by atoms with van der Waals surface area (Å²) in [5, 5.41) is 11.0. The maximum absolute atomic E-state index is 14.7. The van der Waals surface area contributed by atoms with Crippen molar-refractivity contribution in [2.75, 3.05) is 20.3 Å². The van der Waals surface area contributed by atoms with Gasteiger partial charge in [0, 0.05) is 24.3 Å². The zero-order valence-electron chi connectivity index (χ0n) is 16.5. The number of methoxy groups -OCH3 is 1. The Morgan fingerprint density at radius 2 is 1.93 bits per heavy atom. The zero-order chi connectivity index (χ0) is 21.3. The summed E-state index contributed by atoms with van der Waals surface area (Å²) < 4.78 is 25.5. The van der Waals surface area contributed by atoms with Crippen LogP contribution in [0.25, 0.3) is 5.76 Å². The second-order valence-corrected chi connectivity index (χ2v) is 7.34. The van der Waals surface area contributed by atoms with Crippen LogP contribution in [0.1, 0.15) is 30.0 Å². The number of halogens is 1.